The second-order valence-electron chi connectivity index (χ2n) is 7.70. The maximum atomic E-state index is 12.8. The fourth-order valence-corrected chi connectivity index (χ4v) is 5.55. The fourth-order valence-electron chi connectivity index (χ4n) is 4.16. The van der Waals surface area contributed by atoms with Crippen molar-refractivity contribution >= 4 is 27.5 Å². The molecule has 0 bridgehead atoms. The van der Waals surface area contributed by atoms with E-state index in [0.717, 1.165) is 61.5 Å². The number of aromatic nitrogens is 2. The second-order valence-corrected chi connectivity index (χ2v) is 8.78. The molecule has 0 aromatic carbocycles. The van der Waals surface area contributed by atoms with Crippen molar-refractivity contribution in [2.24, 2.45) is 5.92 Å². The van der Waals surface area contributed by atoms with E-state index in [2.05, 4.69) is 23.7 Å². The van der Waals surface area contributed by atoms with Crippen LogP contribution in [0.2, 0.25) is 0 Å². The van der Waals surface area contributed by atoms with Gasteiger partial charge in [-0.25, -0.2) is 4.98 Å². The molecule has 4 rings (SSSR count). The molecule has 7 heteroatoms. The maximum absolute atomic E-state index is 12.8. The van der Waals surface area contributed by atoms with Gasteiger partial charge in [-0.1, -0.05) is 6.92 Å². The number of fused-ring (bicyclic) bond motifs is 3. The second kappa shape index (κ2) is 6.78. The minimum Gasteiger partial charge on any atom is -0.340 e. The first-order valence-corrected chi connectivity index (χ1v) is 10.3. The normalized spacial score (nSPS) is 22.4. The molecule has 6 nitrogen and oxygen atoms in total. The molecule has 0 saturated carbocycles. The third-order valence-electron chi connectivity index (χ3n) is 5.89. The van der Waals surface area contributed by atoms with Crippen LogP contribution in [0.3, 0.4) is 0 Å². The summed E-state index contributed by atoms with van der Waals surface area (Å²) < 4.78 is 0. The van der Waals surface area contributed by atoms with Crippen molar-refractivity contribution < 1.29 is 4.79 Å². The summed E-state index contributed by atoms with van der Waals surface area (Å²) in [5.74, 6) is 1.56. The van der Waals surface area contributed by atoms with Crippen molar-refractivity contribution in [2.75, 3.05) is 26.2 Å². The zero-order chi connectivity index (χ0) is 18.4. The lowest BCUT2D eigenvalue weighted by Crippen LogP contribution is -2.49. The van der Waals surface area contributed by atoms with Gasteiger partial charge in [0, 0.05) is 38.0 Å². The molecule has 1 aliphatic heterocycles. The predicted octanol–water partition coefficient (Wildman–Crippen LogP) is 2.33. The van der Waals surface area contributed by atoms with Crippen LogP contribution in [0, 0.1) is 5.92 Å². The molecule has 1 saturated heterocycles. The van der Waals surface area contributed by atoms with Gasteiger partial charge in [-0.3, -0.25) is 14.5 Å². The number of carbonyl (C=O) groups excluding carboxylic acids is 1. The highest BCUT2D eigenvalue weighted by Crippen LogP contribution is 2.36. The molecule has 1 aliphatic carbocycles. The highest BCUT2D eigenvalue weighted by Gasteiger charge is 2.27. The number of amides is 1. The standard InChI is InChI=1S/C19H26N4O2S/c1-11-4-5-14-15(10-11)26-19-16(14)18(25)20-17(21-19)12(2)22-6-8-23(9-7-22)13(3)24/h11-12H,4-10H2,1-3H3,(H,20,21,25)/t11-,12-/m0/s1. The zero-order valence-electron chi connectivity index (χ0n) is 15.7. The maximum Gasteiger partial charge on any atom is 0.259 e. The van der Waals surface area contributed by atoms with Gasteiger partial charge in [0.25, 0.3) is 5.56 Å². The molecule has 2 atom stereocenters. The number of nitrogens with one attached hydrogen (secondary N) is 1. The van der Waals surface area contributed by atoms with Crippen LogP contribution in [0.15, 0.2) is 4.79 Å². The summed E-state index contributed by atoms with van der Waals surface area (Å²) in [6.07, 6.45) is 3.20. The molecule has 0 radical (unpaired) electrons. The molecule has 1 amide bonds. The Bertz CT molecular complexity index is 895. The van der Waals surface area contributed by atoms with Crippen molar-refractivity contribution in [2.45, 2.75) is 46.1 Å². The Labute approximate surface area is 157 Å². The number of H-pyrrole nitrogens is 1. The van der Waals surface area contributed by atoms with E-state index in [0.29, 0.717) is 5.92 Å². The van der Waals surface area contributed by atoms with E-state index in [1.54, 1.807) is 18.3 Å². The van der Waals surface area contributed by atoms with Crippen molar-refractivity contribution in [3.05, 3.63) is 26.6 Å². The summed E-state index contributed by atoms with van der Waals surface area (Å²) in [4.78, 5) is 38.6. The van der Waals surface area contributed by atoms with Crippen molar-refractivity contribution in [1.82, 2.24) is 19.8 Å². The number of hydrogen-bond acceptors (Lipinski definition) is 5. The number of aromatic amines is 1. The van der Waals surface area contributed by atoms with E-state index < -0.39 is 0 Å². The first kappa shape index (κ1) is 17.7. The van der Waals surface area contributed by atoms with Gasteiger partial charge in [0.1, 0.15) is 10.7 Å². The van der Waals surface area contributed by atoms with E-state index >= 15 is 0 Å². The minimum atomic E-state index is 0.00581. The molecule has 2 aliphatic rings. The molecular formula is C19H26N4O2S. The van der Waals surface area contributed by atoms with Crippen LogP contribution >= 0.6 is 11.3 Å². The average Bonchev–Trinajstić information content (AvgIpc) is 2.98. The van der Waals surface area contributed by atoms with E-state index in [1.165, 1.54) is 10.4 Å². The van der Waals surface area contributed by atoms with Gasteiger partial charge in [0.2, 0.25) is 5.91 Å². The van der Waals surface area contributed by atoms with Crippen LogP contribution in [-0.4, -0.2) is 51.9 Å². The van der Waals surface area contributed by atoms with Crippen LogP contribution in [0.5, 0.6) is 0 Å². The predicted molar refractivity (Wildman–Crippen MR) is 104 cm³/mol. The number of thiophene rings is 1. The molecule has 2 aromatic heterocycles. The lowest BCUT2D eigenvalue weighted by atomic mass is 9.89. The van der Waals surface area contributed by atoms with Crippen LogP contribution < -0.4 is 5.56 Å². The van der Waals surface area contributed by atoms with Gasteiger partial charge in [-0.15, -0.1) is 11.3 Å². The molecule has 0 unspecified atom stereocenters. The highest BCUT2D eigenvalue weighted by molar-refractivity contribution is 7.18. The molecule has 0 spiro atoms. The average molecular weight is 375 g/mol. The van der Waals surface area contributed by atoms with Crippen molar-refractivity contribution in [3.8, 4) is 0 Å². The third kappa shape index (κ3) is 3.07. The lowest BCUT2D eigenvalue weighted by Gasteiger charge is -2.37. The molecule has 1 N–H and O–H groups in total. The van der Waals surface area contributed by atoms with Crippen LogP contribution in [0.25, 0.3) is 10.2 Å². The topological polar surface area (TPSA) is 69.3 Å². The summed E-state index contributed by atoms with van der Waals surface area (Å²) in [7, 11) is 0. The summed E-state index contributed by atoms with van der Waals surface area (Å²) in [6, 6.07) is 0.0410. The number of piperazine rings is 1. The van der Waals surface area contributed by atoms with Gasteiger partial charge in [0.05, 0.1) is 11.4 Å². The Hall–Kier alpha value is -1.73. The number of rotatable bonds is 2. The first-order valence-electron chi connectivity index (χ1n) is 9.48. The minimum absolute atomic E-state index is 0.00581. The number of carbonyl (C=O) groups is 1. The van der Waals surface area contributed by atoms with Crippen LogP contribution in [0.1, 0.15) is 49.5 Å². The highest BCUT2D eigenvalue weighted by atomic mass is 32.1. The Balaban J connectivity index is 1.61. The van der Waals surface area contributed by atoms with Gasteiger partial charge >= 0.3 is 0 Å². The van der Waals surface area contributed by atoms with Crippen molar-refractivity contribution in [3.63, 3.8) is 0 Å². The van der Waals surface area contributed by atoms with Gasteiger partial charge in [-0.05, 0) is 37.7 Å². The first-order chi connectivity index (χ1) is 12.4. The molecule has 2 aromatic rings. The summed E-state index contributed by atoms with van der Waals surface area (Å²) in [5.41, 5.74) is 1.23. The van der Waals surface area contributed by atoms with E-state index in [1.807, 2.05) is 4.90 Å². The summed E-state index contributed by atoms with van der Waals surface area (Å²) >= 11 is 1.70. The number of nitrogens with zero attached hydrogens (tertiary/aromatic N) is 3. The van der Waals surface area contributed by atoms with Crippen LogP contribution in [0.4, 0.5) is 0 Å². The molecule has 3 heterocycles. The largest absolute Gasteiger partial charge is 0.340 e. The lowest BCUT2D eigenvalue weighted by molar-refractivity contribution is -0.130. The summed E-state index contributed by atoms with van der Waals surface area (Å²) in [5, 5.41) is 0.814. The van der Waals surface area contributed by atoms with E-state index in [-0.39, 0.29) is 17.5 Å². The SMILES string of the molecule is CC(=O)N1CCN([C@@H](C)c2nc3sc4c(c3c(=O)[nH]2)CC[C@H](C)C4)CC1. The zero-order valence-corrected chi connectivity index (χ0v) is 16.5. The molecular weight excluding hydrogens is 348 g/mol. The van der Waals surface area contributed by atoms with Gasteiger partial charge in [0.15, 0.2) is 0 Å². The van der Waals surface area contributed by atoms with Crippen LogP contribution in [-0.2, 0) is 17.6 Å². The Morgan fingerprint density at radius 1 is 1.31 bits per heavy atom. The monoisotopic (exact) mass is 374 g/mol. The van der Waals surface area contributed by atoms with E-state index in [4.69, 9.17) is 4.98 Å². The molecule has 140 valence electrons. The smallest absolute Gasteiger partial charge is 0.259 e. The summed E-state index contributed by atoms with van der Waals surface area (Å²) in [6.45, 7) is 9.06. The Morgan fingerprint density at radius 2 is 2.04 bits per heavy atom. The fraction of sp³-hybridized carbons (Fsp3) is 0.632. The third-order valence-corrected chi connectivity index (χ3v) is 7.04. The number of hydrogen-bond donors (Lipinski definition) is 1. The Morgan fingerprint density at radius 3 is 2.73 bits per heavy atom. The molecule has 26 heavy (non-hydrogen) atoms. The quantitative estimate of drug-likeness (QED) is 0.876. The Kier molecular flexibility index (Phi) is 4.61. The van der Waals surface area contributed by atoms with Gasteiger partial charge < -0.3 is 9.88 Å². The van der Waals surface area contributed by atoms with E-state index in [9.17, 15) is 9.59 Å². The van der Waals surface area contributed by atoms with Crippen molar-refractivity contribution in [1.29, 1.82) is 0 Å². The van der Waals surface area contributed by atoms with Gasteiger partial charge in [-0.2, -0.15) is 0 Å². The molecule has 1 fully saturated rings. The number of aryl methyl sites for hydroxylation is 1.